The van der Waals surface area contributed by atoms with E-state index in [0.717, 1.165) is 13.0 Å². The molecule has 0 aromatic rings. The zero-order chi connectivity index (χ0) is 6.15. The Morgan fingerprint density at radius 1 is 1.62 bits per heavy atom. The van der Waals surface area contributed by atoms with Gasteiger partial charge in [-0.15, -0.1) is 0 Å². The Labute approximate surface area is 50.1 Å². The van der Waals surface area contributed by atoms with E-state index in [1.54, 1.807) is 0 Å². The Hall–Kier alpha value is -0.0800. The first kappa shape index (κ1) is 6.05. The van der Waals surface area contributed by atoms with Crippen molar-refractivity contribution in [3.8, 4) is 0 Å². The molecule has 0 amide bonds. The van der Waals surface area contributed by atoms with E-state index in [1.807, 2.05) is 7.05 Å². The maximum Gasteiger partial charge on any atom is 0.0681 e. The van der Waals surface area contributed by atoms with Gasteiger partial charge in [-0.2, -0.15) is 0 Å². The molecule has 0 aliphatic carbocycles. The third-order valence-electron chi connectivity index (χ3n) is 1.86. The van der Waals surface area contributed by atoms with E-state index in [0.29, 0.717) is 6.04 Å². The molecule has 2 atom stereocenters. The van der Waals surface area contributed by atoms with Gasteiger partial charge in [0.05, 0.1) is 6.10 Å². The maximum atomic E-state index is 9.03. The molecule has 0 aromatic carbocycles. The van der Waals surface area contributed by atoms with Gasteiger partial charge in [-0.25, -0.2) is 0 Å². The van der Waals surface area contributed by atoms with Gasteiger partial charge in [0.15, 0.2) is 0 Å². The van der Waals surface area contributed by atoms with E-state index in [2.05, 4.69) is 11.8 Å². The smallest absolute Gasteiger partial charge is 0.0681 e. The average molecular weight is 115 g/mol. The number of nitrogens with zero attached hydrogens (tertiary/aromatic N) is 1. The lowest BCUT2D eigenvalue weighted by Crippen LogP contribution is -2.21. The number of likely N-dealkylation sites (tertiary alicyclic amines) is 1. The molecule has 8 heavy (non-hydrogen) atoms. The molecule has 0 spiro atoms. The van der Waals surface area contributed by atoms with Crippen molar-refractivity contribution >= 4 is 0 Å². The molecule has 1 N–H and O–H groups in total. The van der Waals surface area contributed by atoms with Crippen molar-refractivity contribution in [1.82, 2.24) is 4.90 Å². The van der Waals surface area contributed by atoms with Gasteiger partial charge in [0.2, 0.25) is 0 Å². The van der Waals surface area contributed by atoms with Gasteiger partial charge in [-0.1, -0.05) is 0 Å². The van der Waals surface area contributed by atoms with Gasteiger partial charge >= 0.3 is 0 Å². The fourth-order valence-electron chi connectivity index (χ4n) is 1.16. The zero-order valence-corrected chi connectivity index (χ0v) is 5.46. The Kier molecular flexibility index (Phi) is 1.54. The van der Waals surface area contributed by atoms with Crippen LogP contribution in [0.1, 0.15) is 13.3 Å². The first-order valence-corrected chi connectivity index (χ1v) is 3.08. The van der Waals surface area contributed by atoms with Gasteiger partial charge in [-0.05, 0) is 20.4 Å². The molecule has 1 fully saturated rings. The highest BCUT2D eigenvalue weighted by atomic mass is 16.3. The molecule has 0 saturated carbocycles. The summed E-state index contributed by atoms with van der Waals surface area (Å²) in [5.41, 5.74) is 0. The highest BCUT2D eigenvalue weighted by Crippen LogP contribution is 2.13. The predicted octanol–water partition coefficient (Wildman–Crippen LogP) is 0.0713. The molecule has 1 rings (SSSR count). The predicted molar refractivity (Wildman–Crippen MR) is 32.7 cm³/mol. The van der Waals surface area contributed by atoms with Crippen LogP contribution in [0.25, 0.3) is 0 Å². The van der Waals surface area contributed by atoms with E-state index in [4.69, 9.17) is 5.11 Å². The van der Waals surface area contributed by atoms with Crippen LogP contribution in [0.5, 0.6) is 0 Å². The van der Waals surface area contributed by atoms with Crippen LogP contribution in [0, 0.1) is 0 Å². The number of β-amino-alcohol motifs (C(OH)–C–C–N with tert-alkyl or cyclic N) is 1. The van der Waals surface area contributed by atoms with Crippen LogP contribution in [0.2, 0.25) is 0 Å². The topological polar surface area (TPSA) is 23.5 Å². The normalized spacial score (nSPS) is 40.9. The fourth-order valence-corrected chi connectivity index (χ4v) is 1.16. The molecule has 1 aliphatic heterocycles. The Balaban J connectivity index is 2.39. The first-order chi connectivity index (χ1) is 3.70. The maximum absolute atomic E-state index is 9.03. The van der Waals surface area contributed by atoms with Crippen LogP contribution >= 0.6 is 0 Å². The number of hydrogen-bond acceptors (Lipinski definition) is 2. The van der Waals surface area contributed by atoms with Crippen molar-refractivity contribution in [2.45, 2.75) is 25.5 Å². The number of rotatable bonds is 0. The standard InChI is InChI=1S/C6H13NO/c1-5-3-6(8)4-7(5)2/h5-6,8H,3-4H2,1-2H3/t5-,6?/m1/s1. The van der Waals surface area contributed by atoms with Crippen molar-refractivity contribution in [3.05, 3.63) is 0 Å². The molecule has 0 aromatic heterocycles. The third kappa shape index (κ3) is 1.01. The lowest BCUT2D eigenvalue weighted by molar-refractivity contribution is 0.182. The van der Waals surface area contributed by atoms with Crippen LogP contribution < -0.4 is 0 Å². The second-order valence-electron chi connectivity index (χ2n) is 2.68. The largest absolute Gasteiger partial charge is 0.392 e. The summed E-state index contributed by atoms with van der Waals surface area (Å²) in [6.45, 7) is 2.98. The molecule has 0 bridgehead atoms. The first-order valence-electron chi connectivity index (χ1n) is 3.08. The minimum atomic E-state index is -0.0741. The summed E-state index contributed by atoms with van der Waals surface area (Å²) in [5.74, 6) is 0. The SMILES string of the molecule is C[C@@H]1CC(O)CN1C. The van der Waals surface area contributed by atoms with Crippen molar-refractivity contribution < 1.29 is 5.11 Å². The van der Waals surface area contributed by atoms with E-state index in [-0.39, 0.29) is 6.10 Å². The Morgan fingerprint density at radius 3 is 2.38 bits per heavy atom. The Bertz CT molecular complexity index is 74.6. The number of hydrogen-bond donors (Lipinski definition) is 1. The molecule has 1 heterocycles. The molecule has 1 aliphatic rings. The van der Waals surface area contributed by atoms with Crippen molar-refractivity contribution in [2.75, 3.05) is 13.6 Å². The molecular formula is C6H13NO. The molecule has 2 nitrogen and oxygen atoms in total. The third-order valence-corrected chi connectivity index (χ3v) is 1.86. The van der Waals surface area contributed by atoms with E-state index < -0.39 is 0 Å². The van der Waals surface area contributed by atoms with Gasteiger partial charge in [0.1, 0.15) is 0 Å². The van der Waals surface area contributed by atoms with Crippen LogP contribution in [0.15, 0.2) is 0 Å². The van der Waals surface area contributed by atoms with Crippen molar-refractivity contribution in [1.29, 1.82) is 0 Å². The van der Waals surface area contributed by atoms with Crippen LogP contribution in [-0.2, 0) is 0 Å². The molecule has 0 radical (unpaired) electrons. The zero-order valence-electron chi connectivity index (χ0n) is 5.46. The summed E-state index contributed by atoms with van der Waals surface area (Å²) in [4.78, 5) is 2.17. The van der Waals surface area contributed by atoms with Crippen molar-refractivity contribution in [2.24, 2.45) is 0 Å². The monoisotopic (exact) mass is 115 g/mol. The summed E-state index contributed by atoms with van der Waals surface area (Å²) in [5, 5.41) is 9.03. The molecule has 2 heteroatoms. The summed E-state index contributed by atoms with van der Waals surface area (Å²) < 4.78 is 0. The Morgan fingerprint density at radius 2 is 2.25 bits per heavy atom. The highest BCUT2D eigenvalue weighted by molar-refractivity contribution is 4.78. The number of likely N-dealkylation sites (N-methyl/N-ethyl adjacent to an activating group) is 1. The molecular weight excluding hydrogens is 102 g/mol. The van der Waals surface area contributed by atoms with Gasteiger partial charge in [-0.3, -0.25) is 0 Å². The summed E-state index contributed by atoms with van der Waals surface area (Å²) in [7, 11) is 2.04. The summed E-state index contributed by atoms with van der Waals surface area (Å²) in [6, 6.07) is 0.574. The highest BCUT2D eigenvalue weighted by Gasteiger charge is 2.23. The van der Waals surface area contributed by atoms with E-state index >= 15 is 0 Å². The van der Waals surface area contributed by atoms with Crippen molar-refractivity contribution in [3.63, 3.8) is 0 Å². The lowest BCUT2D eigenvalue weighted by atomic mass is 10.2. The average Bonchev–Trinajstić information content (AvgIpc) is 1.85. The molecule has 1 unspecified atom stereocenters. The van der Waals surface area contributed by atoms with Gasteiger partial charge < -0.3 is 10.0 Å². The second kappa shape index (κ2) is 2.03. The minimum Gasteiger partial charge on any atom is -0.392 e. The summed E-state index contributed by atoms with van der Waals surface area (Å²) >= 11 is 0. The fraction of sp³-hybridized carbons (Fsp3) is 1.00. The summed E-state index contributed by atoms with van der Waals surface area (Å²) in [6.07, 6.45) is 0.867. The number of aliphatic hydroxyl groups excluding tert-OH is 1. The van der Waals surface area contributed by atoms with Crippen LogP contribution in [0.4, 0.5) is 0 Å². The second-order valence-corrected chi connectivity index (χ2v) is 2.68. The lowest BCUT2D eigenvalue weighted by Gasteiger charge is -2.11. The van der Waals surface area contributed by atoms with E-state index in [1.165, 1.54) is 0 Å². The van der Waals surface area contributed by atoms with Crippen LogP contribution in [-0.4, -0.2) is 35.7 Å². The van der Waals surface area contributed by atoms with Gasteiger partial charge in [0, 0.05) is 12.6 Å². The van der Waals surface area contributed by atoms with Crippen LogP contribution in [0.3, 0.4) is 0 Å². The minimum absolute atomic E-state index is 0.0741. The van der Waals surface area contributed by atoms with Gasteiger partial charge in [0.25, 0.3) is 0 Å². The molecule has 48 valence electrons. The number of aliphatic hydroxyl groups is 1. The molecule has 1 saturated heterocycles. The van der Waals surface area contributed by atoms with E-state index in [9.17, 15) is 0 Å². The quantitative estimate of drug-likeness (QED) is 0.483.